The summed E-state index contributed by atoms with van der Waals surface area (Å²) in [6.45, 7) is 16.2. The molecule has 0 aliphatic carbocycles. The highest BCUT2D eigenvalue weighted by atomic mass is 16.5. The van der Waals surface area contributed by atoms with Gasteiger partial charge in [-0.3, -0.25) is 19.2 Å². The smallest absolute Gasteiger partial charge is 0.328 e. The molecule has 0 fully saturated rings. The SMILES string of the molecule is CC(C)NC(=O)C(C)(C)CCOC(C)(C)CCNC(=O)CCC(=O)N1Cc2ccccc2-c2c(nnn2CC(=O)OC(C)C)-c2ccccc21. The van der Waals surface area contributed by atoms with Crippen molar-refractivity contribution in [3.63, 3.8) is 0 Å². The quantitative estimate of drug-likeness (QED) is 0.201. The van der Waals surface area contributed by atoms with Crippen molar-refractivity contribution >= 4 is 29.4 Å². The van der Waals surface area contributed by atoms with E-state index in [1.807, 2.05) is 90.1 Å². The maximum absolute atomic E-state index is 13.8. The van der Waals surface area contributed by atoms with Gasteiger partial charge in [0.25, 0.3) is 0 Å². The van der Waals surface area contributed by atoms with Gasteiger partial charge in [-0.05, 0) is 66.0 Å². The molecule has 0 bridgehead atoms. The lowest BCUT2D eigenvalue weighted by Gasteiger charge is -2.29. The van der Waals surface area contributed by atoms with Crippen LogP contribution >= 0.6 is 0 Å². The summed E-state index contributed by atoms with van der Waals surface area (Å²) < 4.78 is 13.0. The second-order valence-electron chi connectivity index (χ2n) is 14.6. The van der Waals surface area contributed by atoms with E-state index < -0.39 is 17.0 Å². The van der Waals surface area contributed by atoms with Crippen LogP contribution in [0.1, 0.15) is 86.6 Å². The fourth-order valence-electron chi connectivity index (χ4n) is 5.74. The Morgan fingerprint density at radius 1 is 0.900 bits per heavy atom. The number of amides is 3. The van der Waals surface area contributed by atoms with E-state index in [0.717, 1.165) is 11.1 Å². The van der Waals surface area contributed by atoms with Crippen molar-refractivity contribution in [1.29, 1.82) is 0 Å². The van der Waals surface area contributed by atoms with Crippen LogP contribution in [0.3, 0.4) is 0 Å². The van der Waals surface area contributed by atoms with Gasteiger partial charge in [0.15, 0.2) is 0 Å². The molecule has 4 rings (SSSR count). The Morgan fingerprint density at radius 3 is 2.28 bits per heavy atom. The minimum absolute atomic E-state index is 0.00238. The lowest BCUT2D eigenvalue weighted by Crippen LogP contribution is -2.41. The maximum atomic E-state index is 13.8. The third kappa shape index (κ3) is 9.99. The molecule has 1 aliphatic rings. The molecule has 1 aliphatic heterocycles. The molecular formula is C38H52N6O6. The van der Waals surface area contributed by atoms with Crippen LogP contribution in [0.4, 0.5) is 5.69 Å². The predicted molar refractivity (Wildman–Crippen MR) is 192 cm³/mol. The van der Waals surface area contributed by atoms with Gasteiger partial charge in [0.05, 0.1) is 29.6 Å². The number of esters is 1. The van der Waals surface area contributed by atoms with Gasteiger partial charge in [-0.2, -0.15) is 0 Å². The van der Waals surface area contributed by atoms with Crippen molar-refractivity contribution in [1.82, 2.24) is 25.6 Å². The summed E-state index contributed by atoms with van der Waals surface area (Å²) >= 11 is 0. The van der Waals surface area contributed by atoms with E-state index in [1.165, 1.54) is 0 Å². The number of benzene rings is 2. The molecule has 0 atom stereocenters. The van der Waals surface area contributed by atoms with Gasteiger partial charge in [-0.15, -0.1) is 5.10 Å². The summed E-state index contributed by atoms with van der Waals surface area (Å²) in [4.78, 5) is 53.5. The molecule has 270 valence electrons. The summed E-state index contributed by atoms with van der Waals surface area (Å²) in [6.07, 6.45) is 0.914. The molecule has 2 heterocycles. The number of ether oxygens (including phenoxy) is 2. The van der Waals surface area contributed by atoms with Gasteiger partial charge in [-0.1, -0.05) is 61.5 Å². The number of nitrogens with zero attached hydrogens (tertiary/aromatic N) is 4. The van der Waals surface area contributed by atoms with Crippen molar-refractivity contribution in [3.8, 4) is 22.5 Å². The number of nitrogens with one attached hydrogen (secondary N) is 2. The van der Waals surface area contributed by atoms with Crippen LogP contribution in [0.15, 0.2) is 48.5 Å². The summed E-state index contributed by atoms with van der Waals surface area (Å²) in [5.74, 6) is -0.845. The number of hydrogen-bond donors (Lipinski definition) is 2. The molecule has 0 radical (unpaired) electrons. The first-order chi connectivity index (χ1) is 23.6. The zero-order valence-corrected chi connectivity index (χ0v) is 30.7. The number of carbonyl (C=O) groups is 4. The number of rotatable bonds is 15. The summed E-state index contributed by atoms with van der Waals surface area (Å²) in [7, 11) is 0. The summed E-state index contributed by atoms with van der Waals surface area (Å²) in [5, 5.41) is 14.7. The molecule has 12 heteroatoms. The minimum Gasteiger partial charge on any atom is -0.462 e. The van der Waals surface area contributed by atoms with Gasteiger partial charge in [0.1, 0.15) is 12.2 Å². The van der Waals surface area contributed by atoms with Crippen molar-refractivity contribution in [2.45, 2.75) is 112 Å². The molecule has 0 saturated heterocycles. The van der Waals surface area contributed by atoms with Crippen molar-refractivity contribution in [3.05, 3.63) is 54.1 Å². The summed E-state index contributed by atoms with van der Waals surface area (Å²) in [6, 6.07) is 15.2. The first kappa shape index (κ1) is 38.2. The predicted octanol–water partition coefficient (Wildman–Crippen LogP) is 5.43. The topological polar surface area (TPSA) is 145 Å². The average Bonchev–Trinajstić information content (AvgIpc) is 3.43. The lowest BCUT2D eigenvalue weighted by atomic mass is 9.88. The average molecular weight is 689 g/mol. The van der Waals surface area contributed by atoms with Gasteiger partial charge >= 0.3 is 5.97 Å². The molecule has 2 N–H and O–H groups in total. The molecule has 3 aromatic rings. The monoisotopic (exact) mass is 688 g/mol. The third-order valence-corrected chi connectivity index (χ3v) is 8.60. The number of para-hydroxylation sites is 1. The number of anilines is 1. The Bertz CT molecular complexity index is 1680. The van der Waals surface area contributed by atoms with Gasteiger partial charge in [0.2, 0.25) is 17.7 Å². The minimum atomic E-state index is -0.556. The van der Waals surface area contributed by atoms with E-state index in [4.69, 9.17) is 9.47 Å². The largest absolute Gasteiger partial charge is 0.462 e. The zero-order valence-electron chi connectivity index (χ0n) is 30.7. The normalized spacial score (nSPS) is 12.8. The van der Waals surface area contributed by atoms with E-state index in [2.05, 4.69) is 20.9 Å². The fourth-order valence-corrected chi connectivity index (χ4v) is 5.74. The molecule has 3 amide bonds. The van der Waals surface area contributed by atoms with Crippen LogP contribution in [-0.2, 0) is 41.7 Å². The van der Waals surface area contributed by atoms with Gasteiger partial charge in [0, 0.05) is 48.6 Å². The Morgan fingerprint density at radius 2 is 1.58 bits per heavy atom. The first-order valence-corrected chi connectivity index (χ1v) is 17.4. The van der Waals surface area contributed by atoms with Crippen LogP contribution in [0, 0.1) is 5.41 Å². The number of aromatic nitrogens is 3. The highest BCUT2D eigenvalue weighted by Gasteiger charge is 2.31. The van der Waals surface area contributed by atoms with Crippen LogP contribution in [0.25, 0.3) is 22.5 Å². The molecule has 2 aromatic carbocycles. The van der Waals surface area contributed by atoms with Crippen LogP contribution in [0.5, 0.6) is 0 Å². The molecule has 1 aromatic heterocycles. The van der Waals surface area contributed by atoms with Crippen LogP contribution in [-0.4, -0.2) is 69.6 Å². The standard InChI is InChI=1S/C38H52N6O6/c1-25(2)40-36(48)37(5,6)20-22-49-38(7,8)19-21-39-31(45)17-18-32(46)43-23-27-13-9-10-14-28(27)35-34(29-15-11-12-16-30(29)43)41-42-44(35)24-33(47)50-26(3)4/h9-16,25-26H,17-24H2,1-8H3,(H,39,45)(H,40,48). The lowest BCUT2D eigenvalue weighted by molar-refractivity contribution is -0.148. The van der Waals surface area contributed by atoms with E-state index in [0.29, 0.717) is 48.6 Å². The van der Waals surface area contributed by atoms with Crippen molar-refractivity contribution in [2.24, 2.45) is 5.41 Å². The molecule has 50 heavy (non-hydrogen) atoms. The van der Waals surface area contributed by atoms with Crippen molar-refractivity contribution in [2.75, 3.05) is 18.1 Å². The highest BCUT2D eigenvalue weighted by molar-refractivity contribution is 6.01. The van der Waals surface area contributed by atoms with E-state index in [9.17, 15) is 19.2 Å². The Hall–Kier alpha value is -4.58. The summed E-state index contributed by atoms with van der Waals surface area (Å²) in [5.41, 5.74) is 3.17. The molecule has 0 unspecified atom stereocenters. The number of carbonyl (C=O) groups excluding carboxylic acids is 4. The zero-order chi connectivity index (χ0) is 36.6. The van der Waals surface area contributed by atoms with Crippen LogP contribution < -0.4 is 15.5 Å². The van der Waals surface area contributed by atoms with E-state index in [1.54, 1.807) is 23.4 Å². The Balaban J connectivity index is 1.39. The number of hydrogen-bond acceptors (Lipinski definition) is 8. The van der Waals surface area contributed by atoms with E-state index >= 15 is 0 Å². The maximum Gasteiger partial charge on any atom is 0.328 e. The Kier molecular flexibility index (Phi) is 12.6. The fraction of sp³-hybridized carbons (Fsp3) is 0.526. The van der Waals surface area contributed by atoms with E-state index in [-0.39, 0.29) is 55.8 Å². The second kappa shape index (κ2) is 16.4. The third-order valence-electron chi connectivity index (χ3n) is 8.60. The second-order valence-corrected chi connectivity index (χ2v) is 14.6. The molecular weight excluding hydrogens is 636 g/mol. The molecule has 12 nitrogen and oxygen atoms in total. The highest BCUT2D eigenvalue weighted by Crippen LogP contribution is 2.41. The molecule has 0 saturated carbocycles. The van der Waals surface area contributed by atoms with Crippen molar-refractivity contribution < 1.29 is 28.7 Å². The van der Waals surface area contributed by atoms with Crippen LogP contribution in [0.2, 0.25) is 0 Å². The molecule has 0 spiro atoms. The van der Waals surface area contributed by atoms with Gasteiger partial charge < -0.3 is 25.0 Å². The number of fused-ring (bicyclic) bond motifs is 5. The first-order valence-electron chi connectivity index (χ1n) is 17.4. The van der Waals surface area contributed by atoms with Gasteiger partial charge in [-0.25, -0.2) is 4.68 Å². The Labute approximate surface area is 295 Å².